The lowest BCUT2D eigenvalue weighted by Gasteiger charge is -2.11. The van der Waals surface area contributed by atoms with Crippen molar-refractivity contribution in [2.75, 3.05) is 5.32 Å². The van der Waals surface area contributed by atoms with E-state index in [0.717, 1.165) is 5.56 Å². The molecule has 0 spiro atoms. The van der Waals surface area contributed by atoms with E-state index >= 15 is 0 Å². The fourth-order valence-corrected chi connectivity index (χ4v) is 2.25. The molecular weight excluding hydrogens is 340 g/mol. The van der Waals surface area contributed by atoms with Crippen LogP contribution in [0.3, 0.4) is 0 Å². The van der Waals surface area contributed by atoms with Crippen LogP contribution in [0.15, 0.2) is 54.7 Å². The quantitative estimate of drug-likeness (QED) is 0.709. The van der Waals surface area contributed by atoms with Crippen LogP contribution < -0.4 is 5.32 Å². The van der Waals surface area contributed by atoms with Crippen LogP contribution >= 0.6 is 11.6 Å². The Morgan fingerprint density at radius 3 is 2.60 bits per heavy atom. The Hall–Kier alpha value is -2.99. The maximum atomic E-state index is 12.0. The molecule has 3 aromatic rings. The number of nitrogens with zero attached hydrogens (tertiary/aromatic N) is 3. The standard InChI is InChI=1S/C18H15ClN4O2/c1-12-15(19)21-17(14-9-5-6-10-20-14)22-16(12)23-18(24)25-11-13-7-3-2-4-8-13/h2-10H,11H2,1H3,(H,21,22,23,24). The third-order valence-electron chi connectivity index (χ3n) is 3.41. The predicted molar refractivity (Wildman–Crippen MR) is 95.3 cm³/mol. The van der Waals surface area contributed by atoms with Gasteiger partial charge in [-0.15, -0.1) is 0 Å². The van der Waals surface area contributed by atoms with E-state index in [0.29, 0.717) is 22.9 Å². The van der Waals surface area contributed by atoms with Crippen LogP contribution in [-0.4, -0.2) is 21.0 Å². The van der Waals surface area contributed by atoms with Gasteiger partial charge in [0.1, 0.15) is 23.3 Å². The zero-order valence-corrected chi connectivity index (χ0v) is 14.2. The summed E-state index contributed by atoms with van der Waals surface area (Å²) in [5.41, 5.74) is 2.01. The second-order valence-electron chi connectivity index (χ2n) is 5.21. The van der Waals surface area contributed by atoms with Crippen LogP contribution in [-0.2, 0) is 11.3 Å². The fraction of sp³-hybridized carbons (Fsp3) is 0.111. The molecule has 0 atom stereocenters. The molecule has 1 amide bonds. The summed E-state index contributed by atoms with van der Waals surface area (Å²) in [6.07, 6.45) is 1.02. The Kier molecular flexibility index (Phi) is 5.20. The van der Waals surface area contributed by atoms with Crippen molar-refractivity contribution in [3.8, 4) is 11.5 Å². The van der Waals surface area contributed by atoms with E-state index < -0.39 is 6.09 Å². The van der Waals surface area contributed by atoms with Crippen molar-refractivity contribution in [3.05, 3.63) is 71.0 Å². The number of ether oxygens (including phenoxy) is 1. The molecule has 2 aromatic heterocycles. The Labute approximate surface area is 149 Å². The lowest BCUT2D eigenvalue weighted by Crippen LogP contribution is -2.16. The van der Waals surface area contributed by atoms with E-state index in [2.05, 4.69) is 20.3 Å². The van der Waals surface area contributed by atoms with Gasteiger partial charge in [0, 0.05) is 11.8 Å². The maximum Gasteiger partial charge on any atom is 0.413 e. The van der Waals surface area contributed by atoms with E-state index in [4.69, 9.17) is 16.3 Å². The highest BCUT2D eigenvalue weighted by Crippen LogP contribution is 2.24. The molecule has 7 heteroatoms. The predicted octanol–water partition coefficient (Wildman–Crippen LogP) is 4.25. The molecule has 0 unspecified atom stereocenters. The van der Waals surface area contributed by atoms with E-state index in [1.54, 1.807) is 25.3 Å². The minimum Gasteiger partial charge on any atom is -0.444 e. The normalized spacial score (nSPS) is 10.3. The summed E-state index contributed by atoms with van der Waals surface area (Å²) in [4.78, 5) is 24.8. The molecule has 0 radical (unpaired) electrons. The zero-order valence-electron chi connectivity index (χ0n) is 13.4. The van der Waals surface area contributed by atoms with Crippen molar-refractivity contribution >= 4 is 23.5 Å². The molecule has 1 aromatic carbocycles. The molecule has 1 N–H and O–H groups in total. The van der Waals surface area contributed by atoms with Crippen molar-refractivity contribution in [1.29, 1.82) is 0 Å². The second kappa shape index (κ2) is 7.72. The molecule has 126 valence electrons. The van der Waals surface area contributed by atoms with E-state index in [-0.39, 0.29) is 11.8 Å². The van der Waals surface area contributed by atoms with Crippen molar-refractivity contribution in [1.82, 2.24) is 15.0 Å². The first kappa shape index (κ1) is 16.9. The molecule has 0 fully saturated rings. The van der Waals surface area contributed by atoms with Crippen LogP contribution in [0.5, 0.6) is 0 Å². The average Bonchev–Trinajstić information content (AvgIpc) is 2.65. The van der Waals surface area contributed by atoms with Gasteiger partial charge in [-0.1, -0.05) is 48.0 Å². The second-order valence-corrected chi connectivity index (χ2v) is 5.57. The van der Waals surface area contributed by atoms with E-state index in [9.17, 15) is 4.79 Å². The first-order chi connectivity index (χ1) is 12.1. The number of anilines is 1. The largest absolute Gasteiger partial charge is 0.444 e. The molecule has 3 rings (SSSR count). The van der Waals surface area contributed by atoms with Gasteiger partial charge in [0.15, 0.2) is 5.82 Å². The van der Waals surface area contributed by atoms with Crippen molar-refractivity contribution in [2.24, 2.45) is 0 Å². The van der Waals surface area contributed by atoms with Crippen molar-refractivity contribution in [3.63, 3.8) is 0 Å². The number of aromatic nitrogens is 3. The number of halogens is 1. The number of amides is 1. The van der Waals surface area contributed by atoms with Gasteiger partial charge in [0.05, 0.1) is 0 Å². The smallest absolute Gasteiger partial charge is 0.413 e. The van der Waals surface area contributed by atoms with E-state index in [1.807, 2.05) is 36.4 Å². The van der Waals surface area contributed by atoms with Crippen molar-refractivity contribution in [2.45, 2.75) is 13.5 Å². The van der Waals surface area contributed by atoms with Gasteiger partial charge in [-0.3, -0.25) is 10.3 Å². The van der Waals surface area contributed by atoms with Crippen LogP contribution in [0.25, 0.3) is 11.5 Å². The number of carbonyl (C=O) groups is 1. The van der Waals surface area contributed by atoms with Crippen LogP contribution in [0.1, 0.15) is 11.1 Å². The topological polar surface area (TPSA) is 77.0 Å². The molecule has 0 aliphatic heterocycles. The highest BCUT2D eigenvalue weighted by molar-refractivity contribution is 6.30. The monoisotopic (exact) mass is 354 g/mol. The minimum absolute atomic E-state index is 0.164. The molecule has 0 aliphatic rings. The molecule has 25 heavy (non-hydrogen) atoms. The summed E-state index contributed by atoms with van der Waals surface area (Å²) >= 11 is 6.15. The van der Waals surface area contributed by atoms with Gasteiger partial charge in [-0.05, 0) is 24.6 Å². The number of rotatable bonds is 4. The highest BCUT2D eigenvalue weighted by atomic mass is 35.5. The Morgan fingerprint density at radius 1 is 1.12 bits per heavy atom. The number of carbonyl (C=O) groups excluding carboxylic acids is 1. The lowest BCUT2D eigenvalue weighted by molar-refractivity contribution is 0.155. The summed E-state index contributed by atoms with van der Waals surface area (Å²) in [5, 5.41) is 2.85. The van der Waals surface area contributed by atoms with Gasteiger partial charge < -0.3 is 4.74 Å². The number of hydrogen-bond donors (Lipinski definition) is 1. The van der Waals surface area contributed by atoms with Crippen LogP contribution in [0.4, 0.5) is 10.6 Å². The number of pyridine rings is 1. The Bertz CT molecular complexity index is 873. The summed E-state index contributed by atoms with van der Waals surface area (Å²) in [7, 11) is 0. The molecule has 0 bridgehead atoms. The molecule has 0 saturated heterocycles. The number of nitrogens with one attached hydrogen (secondary N) is 1. The van der Waals surface area contributed by atoms with E-state index in [1.165, 1.54) is 0 Å². The molecule has 2 heterocycles. The van der Waals surface area contributed by atoms with Crippen LogP contribution in [0.2, 0.25) is 5.15 Å². The van der Waals surface area contributed by atoms with Crippen LogP contribution in [0, 0.1) is 6.92 Å². The molecular formula is C18H15ClN4O2. The summed E-state index contributed by atoms with van der Waals surface area (Å²) in [5.74, 6) is 0.619. The molecule has 0 aliphatic carbocycles. The summed E-state index contributed by atoms with van der Waals surface area (Å²) in [6.45, 7) is 1.88. The molecule has 0 saturated carbocycles. The average molecular weight is 355 g/mol. The molecule has 6 nitrogen and oxygen atoms in total. The Morgan fingerprint density at radius 2 is 1.88 bits per heavy atom. The van der Waals surface area contributed by atoms with Gasteiger partial charge in [-0.25, -0.2) is 14.8 Å². The van der Waals surface area contributed by atoms with Gasteiger partial charge in [0.2, 0.25) is 0 Å². The lowest BCUT2D eigenvalue weighted by atomic mass is 10.2. The van der Waals surface area contributed by atoms with Crippen molar-refractivity contribution < 1.29 is 9.53 Å². The first-order valence-electron chi connectivity index (χ1n) is 7.57. The maximum absolute atomic E-state index is 12.0. The number of hydrogen-bond acceptors (Lipinski definition) is 5. The van der Waals surface area contributed by atoms with Gasteiger partial charge in [0.25, 0.3) is 0 Å². The summed E-state index contributed by atoms with van der Waals surface area (Å²) in [6, 6.07) is 14.8. The third kappa shape index (κ3) is 4.30. The SMILES string of the molecule is Cc1c(Cl)nc(-c2ccccn2)nc1NC(=O)OCc1ccccc1. The third-order valence-corrected chi connectivity index (χ3v) is 3.78. The Balaban J connectivity index is 1.75. The van der Waals surface area contributed by atoms with Gasteiger partial charge in [-0.2, -0.15) is 0 Å². The summed E-state index contributed by atoms with van der Waals surface area (Å²) < 4.78 is 5.20. The van der Waals surface area contributed by atoms with Gasteiger partial charge >= 0.3 is 6.09 Å². The fourth-order valence-electron chi connectivity index (χ4n) is 2.08. The first-order valence-corrected chi connectivity index (χ1v) is 7.94. The number of benzene rings is 1. The minimum atomic E-state index is -0.617. The zero-order chi connectivity index (χ0) is 17.6. The highest BCUT2D eigenvalue weighted by Gasteiger charge is 2.14.